The Morgan fingerprint density at radius 3 is 2.72 bits per heavy atom. The summed E-state index contributed by atoms with van der Waals surface area (Å²) in [6, 6.07) is 0.505. The van der Waals surface area contributed by atoms with Crippen LogP contribution in [0.2, 0.25) is 0 Å². The molecule has 0 spiro atoms. The van der Waals surface area contributed by atoms with Crippen LogP contribution in [0.4, 0.5) is 5.13 Å². The first-order valence-electron chi connectivity index (χ1n) is 6.46. The van der Waals surface area contributed by atoms with Crippen LogP contribution in [0.3, 0.4) is 0 Å². The van der Waals surface area contributed by atoms with E-state index in [-0.39, 0.29) is 0 Å². The van der Waals surface area contributed by atoms with Gasteiger partial charge in [-0.1, -0.05) is 19.3 Å². The second-order valence-corrected chi connectivity index (χ2v) is 6.31. The van der Waals surface area contributed by atoms with Gasteiger partial charge in [-0.2, -0.15) is 0 Å². The van der Waals surface area contributed by atoms with E-state index in [0.29, 0.717) is 11.7 Å². The maximum absolute atomic E-state index is 11.2. The molecule has 0 aromatic carbocycles. The van der Waals surface area contributed by atoms with Crippen molar-refractivity contribution in [1.29, 1.82) is 0 Å². The third kappa shape index (κ3) is 2.83. The summed E-state index contributed by atoms with van der Waals surface area (Å²) in [5, 5.41) is 15.3. The molecular weight excluding hydrogens is 248 g/mol. The van der Waals surface area contributed by atoms with E-state index < -0.39 is 11.4 Å². The number of thiazole rings is 1. The summed E-state index contributed by atoms with van der Waals surface area (Å²) in [7, 11) is 0. The van der Waals surface area contributed by atoms with Gasteiger partial charge in [0.05, 0.1) is 5.69 Å². The first-order chi connectivity index (χ1) is 8.50. The smallest absolute Gasteiger partial charge is 0.315 e. The molecule has 0 aliphatic heterocycles. The second-order valence-electron chi connectivity index (χ2n) is 5.45. The van der Waals surface area contributed by atoms with Gasteiger partial charge in [-0.25, -0.2) is 4.98 Å². The zero-order chi connectivity index (χ0) is 13.2. The van der Waals surface area contributed by atoms with E-state index in [4.69, 9.17) is 5.11 Å². The fourth-order valence-electron chi connectivity index (χ4n) is 2.16. The number of aliphatic carboxylic acids is 1. The Kier molecular flexibility index (Phi) is 3.90. The Bertz CT molecular complexity index is 422. The molecule has 100 valence electrons. The Morgan fingerprint density at radius 1 is 1.44 bits per heavy atom. The average molecular weight is 268 g/mol. The third-order valence-corrected chi connectivity index (χ3v) is 4.39. The lowest BCUT2D eigenvalue weighted by Gasteiger charge is -2.22. The molecule has 1 saturated carbocycles. The maximum atomic E-state index is 11.2. The van der Waals surface area contributed by atoms with Crippen LogP contribution in [0.15, 0.2) is 5.38 Å². The monoisotopic (exact) mass is 268 g/mol. The molecule has 1 fully saturated rings. The van der Waals surface area contributed by atoms with Crippen LogP contribution in [0.5, 0.6) is 0 Å². The third-order valence-electron chi connectivity index (χ3n) is 3.61. The summed E-state index contributed by atoms with van der Waals surface area (Å²) < 4.78 is 0. The van der Waals surface area contributed by atoms with Crippen molar-refractivity contribution in [2.45, 2.75) is 57.4 Å². The van der Waals surface area contributed by atoms with Gasteiger partial charge in [-0.05, 0) is 26.7 Å². The lowest BCUT2D eigenvalue weighted by Crippen LogP contribution is -2.29. The highest BCUT2D eigenvalue weighted by molar-refractivity contribution is 7.13. The van der Waals surface area contributed by atoms with E-state index in [2.05, 4.69) is 10.3 Å². The van der Waals surface area contributed by atoms with Gasteiger partial charge in [-0.15, -0.1) is 11.3 Å². The average Bonchev–Trinajstić information content (AvgIpc) is 2.79. The number of nitrogens with zero attached hydrogens (tertiary/aromatic N) is 1. The van der Waals surface area contributed by atoms with Gasteiger partial charge in [0.15, 0.2) is 5.13 Å². The molecule has 0 unspecified atom stereocenters. The highest BCUT2D eigenvalue weighted by Crippen LogP contribution is 2.29. The Hall–Kier alpha value is -1.10. The topological polar surface area (TPSA) is 62.2 Å². The van der Waals surface area contributed by atoms with Crippen LogP contribution in [0, 0.1) is 0 Å². The molecule has 0 saturated heterocycles. The molecule has 0 atom stereocenters. The minimum atomic E-state index is -0.914. The van der Waals surface area contributed by atoms with Gasteiger partial charge in [0.25, 0.3) is 0 Å². The van der Waals surface area contributed by atoms with Crippen molar-refractivity contribution in [3.63, 3.8) is 0 Å². The minimum absolute atomic E-state index is 0.505. The van der Waals surface area contributed by atoms with Gasteiger partial charge in [0.1, 0.15) is 5.41 Å². The van der Waals surface area contributed by atoms with Crippen LogP contribution in [0.1, 0.15) is 51.6 Å². The number of anilines is 1. The number of hydrogen-bond donors (Lipinski definition) is 2. The molecular formula is C13H20N2O2S. The van der Waals surface area contributed by atoms with Crippen molar-refractivity contribution < 1.29 is 9.90 Å². The number of carbonyl (C=O) groups is 1. The summed E-state index contributed by atoms with van der Waals surface area (Å²) in [6.45, 7) is 3.38. The van der Waals surface area contributed by atoms with Gasteiger partial charge in [0.2, 0.25) is 0 Å². The van der Waals surface area contributed by atoms with Crippen molar-refractivity contribution in [1.82, 2.24) is 4.98 Å². The van der Waals surface area contributed by atoms with Crippen molar-refractivity contribution in [2.24, 2.45) is 0 Å². The van der Waals surface area contributed by atoms with Crippen molar-refractivity contribution in [2.75, 3.05) is 5.32 Å². The van der Waals surface area contributed by atoms with Crippen LogP contribution in [0.25, 0.3) is 0 Å². The molecule has 1 aromatic heterocycles. The summed E-state index contributed by atoms with van der Waals surface area (Å²) in [4.78, 5) is 15.6. The summed E-state index contributed by atoms with van der Waals surface area (Å²) in [6.07, 6.45) is 6.26. The van der Waals surface area contributed by atoms with Gasteiger partial charge in [0, 0.05) is 11.4 Å². The van der Waals surface area contributed by atoms with E-state index in [9.17, 15) is 4.79 Å². The zero-order valence-electron chi connectivity index (χ0n) is 10.9. The van der Waals surface area contributed by atoms with Crippen molar-refractivity contribution >= 4 is 22.4 Å². The SMILES string of the molecule is CC(C)(C(=O)O)c1csc(NC2CCCCC2)n1. The number of carboxylic acids is 1. The highest BCUT2D eigenvalue weighted by Gasteiger charge is 2.32. The molecule has 0 bridgehead atoms. The van der Waals surface area contributed by atoms with Gasteiger partial charge < -0.3 is 10.4 Å². The number of carboxylic acid groups (broad SMARTS) is 1. The van der Waals surface area contributed by atoms with E-state index in [0.717, 1.165) is 5.13 Å². The molecule has 1 aromatic rings. The predicted octanol–water partition coefficient (Wildman–Crippen LogP) is 3.25. The van der Waals surface area contributed by atoms with Crippen molar-refractivity contribution in [3.8, 4) is 0 Å². The summed E-state index contributed by atoms with van der Waals surface area (Å²) in [5.41, 5.74) is -0.276. The highest BCUT2D eigenvalue weighted by atomic mass is 32.1. The standard InChI is InChI=1S/C13H20N2O2S/c1-13(2,11(16)17)10-8-18-12(15-10)14-9-6-4-3-5-7-9/h8-9H,3-7H2,1-2H3,(H,14,15)(H,16,17). The fraction of sp³-hybridized carbons (Fsp3) is 0.692. The maximum Gasteiger partial charge on any atom is 0.315 e. The molecule has 1 heterocycles. The molecule has 0 amide bonds. The lowest BCUT2D eigenvalue weighted by atomic mass is 9.90. The zero-order valence-corrected chi connectivity index (χ0v) is 11.7. The Balaban J connectivity index is 2.03. The normalized spacial score (nSPS) is 17.7. The number of aromatic nitrogens is 1. The van der Waals surface area contributed by atoms with Crippen molar-refractivity contribution in [3.05, 3.63) is 11.1 Å². The minimum Gasteiger partial charge on any atom is -0.481 e. The first kappa shape index (κ1) is 13.3. The van der Waals surface area contributed by atoms with Crippen LogP contribution >= 0.6 is 11.3 Å². The molecule has 1 aliphatic rings. The lowest BCUT2D eigenvalue weighted by molar-refractivity contribution is -0.142. The Labute approximate surface area is 111 Å². The second kappa shape index (κ2) is 5.26. The summed E-state index contributed by atoms with van der Waals surface area (Å²) in [5.74, 6) is -0.836. The molecule has 1 aliphatic carbocycles. The number of hydrogen-bond acceptors (Lipinski definition) is 4. The largest absolute Gasteiger partial charge is 0.481 e. The predicted molar refractivity (Wildman–Crippen MR) is 73.3 cm³/mol. The quantitative estimate of drug-likeness (QED) is 0.880. The number of rotatable bonds is 4. The molecule has 0 radical (unpaired) electrons. The molecule has 5 heteroatoms. The van der Waals surface area contributed by atoms with Crippen LogP contribution < -0.4 is 5.32 Å². The van der Waals surface area contributed by atoms with E-state index in [1.54, 1.807) is 13.8 Å². The fourth-order valence-corrected chi connectivity index (χ4v) is 3.11. The van der Waals surface area contributed by atoms with E-state index >= 15 is 0 Å². The van der Waals surface area contributed by atoms with Crippen LogP contribution in [-0.4, -0.2) is 22.1 Å². The van der Waals surface area contributed by atoms with E-state index in [1.807, 2.05) is 5.38 Å². The molecule has 4 nitrogen and oxygen atoms in total. The molecule has 2 rings (SSSR count). The van der Waals surface area contributed by atoms with Gasteiger partial charge >= 0.3 is 5.97 Å². The van der Waals surface area contributed by atoms with Gasteiger partial charge in [-0.3, -0.25) is 4.79 Å². The molecule has 2 N–H and O–H groups in total. The molecule has 18 heavy (non-hydrogen) atoms. The van der Waals surface area contributed by atoms with Crippen LogP contribution in [-0.2, 0) is 10.2 Å². The first-order valence-corrected chi connectivity index (χ1v) is 7.34. The Morgan fingerprint density at radius 2 is 2.11 bits per heavy atom. The number of nitrogens with one attached hydrogen (secondary N) is 1. The van der Waals surface area contributed by atoms with E-state index in [1.165, 1.54) is 43.4 Å². The summed E-state index contributed by atoms with van der Waals surface area (Å²) >= 11 is 1.50.